The lowest BCUT2D eigenvalue weighted by Gasteiger charge is -2.13. The van der Waals surface area contributed by atoms with Gasteiger partial charge in [-0.1, -0.05) is 0 Å². The summed E-state index contributed by atoms with van der Waals surface area (Å²) in [4.78, 5) is 5.60. The van der Waals surface area contributed by atoms with Gasteiger partial charge in [0, 0.05) is 17.2 Å². The molecule has 1 aliphatic rings. The fourth-order valence-corrected chi connectivity index (χ4v) is 3.60. The van der Waals surface area contributed by atoms with Gasteiger partial charge < -0.3 is 23.7 Å². The Labute approximate surface area is 171 Å². The number of hydrogen-bond donors (Lipinski definition) is 0. The van der Waals surface area contributed by atoms with Gasteiger partial charge in [-0.05, 0) is 40.2 Å². The van der Waals surface area contributed by atoms with E-state index in [9.17, 15) is 0 Å². The van der Waals surface area contributed by atoms with Gasteiger partial charge in [-0.3, -0.25) is 4.99 Å². The van der Waals surface area contributed by atoms with Crippen molar-refractivity contribution < 1.29 is 23.7 Å². The number of benzene rings is 1. The summed E-state index contributed by atoms with van der Waals surface area (Å²) < 4.78 is 29.1. The summed E-state index contributed by atoms with van der Waals surface area (Å²) in [6.45, 7) is 4.03. The predicted molar refractivity (Wildman–Crippen MR) is 109 cm³/mol. The van der Waals surface area contributed by atoms with Gasteiger partial charge in [0.1, 0.15) is 13.2 Å². The SMILES string of the molecule is Brc1ccc(C=Nc2ccc3c(c2)OCCOCCOCCOCCO3)s1. The molecule has 0 atom stereocenters. The van der Waals surface area contributed by atoms with E-state index >= 15 is 0 Å². The van der Waals surface area contributed by atoms with Crippen molar-refractivity contribution in [3.63, 3.8) is 0 Å². The quantitative estimate of drug-likeness (QED) is 0.638. The molecule has 0 N–H and O–H groups in total. The van der Waals surface area contributed by atoms with Gasteiger partial charge in [0.15, 0.2) is 11.5 Å². The molecule has 0 radical (unpaired) electrons. The summed E-state index contributed by atoms with van der Waals surface area (Å²) in [5, 5.41) is 0. The van der Waals surface area contributed by atoms with Crippen LogP contribution < -0.4 is 9.47 Å². The Hall–Kier alpha value is -1.45. The molecule has 1 aromatic carbocycles. The number of aliphatic imine (C=N–C) groups is 1. The van der Waals surface area contributed by atoms with E-state index in [4.69, 9.17) is 23.7 Å². The Morgan fingerprint density at radius 3 is 2.04 bits per heavy atom. The molecular weight excluding hydrogens is 434 g/mol. The first kappa shape index (κ1) is 20.3. The third-order valence-corrected chi connectivity index (χ3v) is 5.13. The second kappa shape index (κ2) is 11.4. The van der Waals surface area contributed by atoms with E-state index in [-0.39, 0.29) is 0 Å². The molecule has 0 fully saturated rings. The number of thiophene rings is 1. The molecule has 0 spiro atoms. The summed E-state index contributed by atoms with van der Waals surface area (Å²) >= 11 is 5.08. The molecule has 0 unspecified atom stereocenters. The molecule has 0 aliphatic carbocycles. The summed E-state index contributed by atoms with van der Waals surface area (Å²) in [5.41, 5.74) is 0.797. The van der Waals surface area contributed by atoms with Crippen LogP contribution in [0.5, 0.6) is 11.5 Å². The number of hydrogen-bond acceptors (Lipinski definition) is 7. The third-order valence-electron chi connectivity index (χ3n) is 3.58. The summed E-state index contributed by atoms with van der Waals surface area (Å²) in [6, 6.07) is 9.66. The van der Waals surface area contributed by atoms with Crippen LogP contribution in [0.3, 0.4) is 0 Å². The van der Waals surface area contributed by atoms with Crippen molar-refractivity contribution in [1.82, 2.24) is 0 Å². The number of ether oxygens (including phenoxy) is 5. The van der Waals surface area contributed by atoms with E-state index in [1.807, 2.05) is 36.5 Å². The summed E-state index contributed by atoms with van der Waals surface area (Å²) in [5.74, 6) is 1.31. The van der Waals surface area contributed by atoms with E-state index in [1.54, 1.807) is 11.3 Å². The van der Waals surface area contributed by atoms with Gasteiger partial charge in [-0.2, -0.15) is 0 Å². The van der Waals surface area contributed by atoms with Crippen LogP contribution in [0.2, 0.25) is 0 Å². The molecule has 0 amide bonds. The topological polar surface area (TPSA) is 58.5 Å². The first-order valence-corrected chi connectivity index (χ1v) is 10.3. The molecule has 1 aromatic heterocycles. The zero-order chi connectivity index (χ0) is 18.7. The average molecular weight is 456 g/mol. The lowest BCUT2D eigenvalue weighted by Crippen LogP contribution is -2.13. The molecule has 3 rings (SSSR count). The molecular formula is C19H22BrNO5S. The second-order valence-corrected chi connectivity index (χ2v) is 8.06. The average Bonchev–Trinajstić information content (AvgIpc) is 3.09. The van der Waals surface area contributed by atoms with Gasteiger partial charge in [-0.25, -0.2) is 0 Å². The number of rotatable bonds is 2. The predicted octanol–water partition coefficient (Wildman–Crippen LogP) is 4.08. The molecule has 27 heavy (non-hydrogen) atoms. The molecule has 2 aromatic rings. The van der Waals surface area contributed by atoms with Crippen LogP contribution in [0.1, 0.15) is 4.88 Å². The van der Waals surface area contributed by atoms with E-state index < -0.39 is 0 Å². The maximum Gasteiger partial charge on any atom is 0.163 e. The molecule has 0 bridgehead atoms. The normalized spacial score (nSPS) is 17.4. The molecule has 6 nitrogen and oxygen atoms in total. The van der Waals surface area contributed by atoms with Crippen molar-refractivity contribution in [2.75, 3.05) is 52.9 Å². The fraction of sp³-hybridized carbons (Fsp3) is 0.421. The van der Waals surface area contributed by atoms with Crippen molar-refractivity contribution in [2.24, 2.45) is 4.99 Å². The van der Waals surface area contributed by atoms with Crippen molar-refractivity contribution in [3.05, 3.63) is 39.0 Å². The lowest BCUT2D eigenvalue weighted by atomic mass is 10.3. The fourth-order valence-electron chi connectivity index (χ4n) is 2.31. The van der Waals surface area contributed by atoms with Gasteiger partial charge >= 0.3 is 0 Å². The molecule has 8 heteroatoms. The zero-order valence-corrected chi connectivity index (χ0v) is 17.3. The highest BCUT2D eigenvalue weighted by Gasteiger charge is 2.08. The van der Waals surface area contributed by atoms with Crippen molar-refractivity contribution in [3.8, 4) is 11.5 Å². The first-order valence-electron chi connectivity index (χ1n) is 8.73. The van der Waals surface area contributed by atoms with Crippen molar-refractivity contribution in [2.45, 2.75) is 0 Å². The van der Waals surface area contributed by atoms with Gasteiger partial charge in [0.2, 0.25) is 0 Å². The van der Waals surface area contributed by atoms with Crippen LogP contribution in [0.15, 0.2) is 39.1 Å². The van der Waals surface area contributed by atoms with E-state index in [2.05, 4.69) is 20.9 Å². The minimum absolute atomic E-state index is 0.428. The standard InChI is InChI=1S/C19H22BrNO5S/c20-19-4-2-16(27-19)14-21-15-1-3-17-18(13-15)26-12-10-24-8-6-22-5-7-23-9-11-25-17/h1-4,13-14H,5-12H2. The highest BCUT2D eigenvalue weighted by molar-refractivity contribution is 9.11. The van der Waals surface area contributed by atoms with Crippen LogP contribution in [0.4, 0.5) is 5.69 Å². The second-order valence-electron chi connectivity index (χ2n) is 5.57. The number of fused-ring (bicyclic) bond motifs is 1. The van der Waals surface area contributed by atoms with E-state index in [1.165, 1.54) is 0 Å². The summed E-state index contributed by atoms with van der Waals surface area (Å²) in [6.07, 6.45) is 1.83. The minimum atomic E-state index is 0.428. The highest BCUT2D eigenvalue weighted by Crippen LogP contribution is 2.32. The largest absolute Gasteiger partial charge is 0.487 e. The van der Waals surface area contributed by atoms with Gasteiger partial charge in [0.05, 0.1) is 49.1 Å². The maximum absolute atomic E-state index is 5.85. The molecule has 1 aliphatic heterocycles. The van der Waals surface area contributed by atoms with Crippen molar-refractivity contribution in [1.29, 1.82) is 0 Å². The van der Waals surface area contributed by atoms with Crippen LogP contribution in [0, 0.1) is 0 Å². The third kappa shape index (κ3) is 7.23. The van der Waals surface area contributed by atoms with Gasteiger partial charge in [0.25, 0.3) is 0 Å². The summed E-state index contributed by atoms with van der Waals surface area (Å²) in [7, 11) is 0. The molecule has 0 saturated heterocycles. The Morgan fingerprint density at radius 2 is 1.41 bits per heavy atom. The smallest absolute Gasteiger partial charge is 0.163 e. The van der Waals surface area contributed by atoms with Crippen LogP contribution in [-0.2, 0) is 14.2 Å². The minimum Gasteiger partial charge on any atom is -0.487 e. The number of nitrogens with zero attached hydrogens (tertiary/aromatic N) is 1. The van der Waals surface area contributed by atoms with Crippen LogP contribution >= 0.6 is 27.3 Å². The van der Waals surface area contributed by atoms with E-state index in [0.717, 1.165) is 14.4 Å². The molecule has 146 valence electrons. The van der Waals surface area contributed by atoms with Crippen LogP contribution in [0.25, 0.3) is 0 Å². The Balaban J connectivity index is 1.67. The van der Waals surface area contributed by atoms with Crippen molar-refractivity contribution >= 4 is 39.2 Å². The Morgan fingerprint density at radius 1 is 0.778 bits per heavy atom. The Bertz CT molecular complexity index is 737. The first-order chi connectivity index (χ1) is 13.3. The molecule has 0 saturated carbocycles. The highest BCUT2D eigenvalue weighted by atomic mass is 79.9. The molecule has 2 heterocycles. The number of halogens is 1. The zero-order valence-electron chi connectivity index (χ0n) is 14.9. The maximum atomic E-state index is 5.85. The van der Waals surface area contributed by atoms with Gasteiger partial charge in [-0.15, -0.1) is 11.3 Å². The Kier molecular flexibility index (Phi) is 8.57. The van der Waals surface area contributed by atoms with Crippen LogP contribution in [-0.4, -0.2) is 59.1 Å². The monoisotopic (exact) mass is 455 g/mol. The van der Waals surface area contributed by atoms with E-state index in [0.29, 0.717) is 64.4 Å². The lowest BCUT2D eigenvalue weighted by molar-refractivity contribution is 0.00708.